The van der Waals surface area contributed by atoms with E-state index in [1.165, 1.54) is 13.8 Å². The summed E-state index contributed by atoms with van der Waals surface area (Å²) < 4.78 is 17.4. The molecule has 3 aliphatic rings. The van der Waals surface area contributed by atoms with Crippen LogP contribution in [0.25, 0.3) is 0 Å². The molecule has 1 heterocycles. The van der Waals surface area contributed by atoms with Crippen LogP contribution in [0.4, 0.5) is 0 Å². The van der Waals surface area contributed by atoms with Crippen LogP contribution in [0.3, 0.4) is 0 Å². The average Bonchev–Trinajstić information content (AvgIpc) is 2.91. The van der Waals surface area contributed by atoms with Crippen LogP contribution < -0.4 is 0 Å². The highest BCUT2D eigenvalue weighted by atomic mass is 16.6. The lowest BCUT2D eigenvalue weighted by Crippen LogP contribution is -2.63. The number of rotatable bonds is 3. The lowest BCUT2D eigenvalue weighted by Gasteiger charge is -2.59. The molecule has 0 aromatic carbocycles. The van der Waals surface area contributed by atoms with E-state index in [2.05, 4.69) is 26.8 Å². The topological polar surface area (TPSA) is 61.8 Å². The summed E-state index contributed by atoms with van der Waals surface area (Å²) in [4.78, 5) is 22.7. The highest BCUT2D eigenvalue weighted by molar-refractivity contribution is 5.66. The SMILES string of the molecule is CC(=O)OC[C@@]1(C)O[C@]2(C)C=C[C@@H](OC(C)=O)[C@H](C)[C@@]23CC[C@@H]1C3. The highest BCUT2D eigenvalue weighted by Gasteiger charge is 2.66. The van der Waals surface area contributed by atoms with E-state index in [1.54, 1.807) is 0 Å². The molecule has 0 N–H and O–H groups in total. The maximum atomic E-state index is 11.4. The Morgan fingerprint density at radius 2 is 1.96 bits per heavy atom. The smallest absolute Gasteiger partial charge is 0.303 e. The fourth-order valence-corrected chi connectivity index (χ4v) is 5.27. The lowest BCUT2D eigenvalue weighted by molar-refractivity contribution is -0.255. The van der Waals surface area contributed by atoms with E-state index in [9.17, 15) is 9.59 Å². The van der Waals surface area contributed by atoms with Gasteiger partial charge >= 0.3 is 11.9 Å². The summed E-state index contributed by atoms with van der Waals surface area (Å²) in [6, 6.07) is 0. The van der Waals surface area contributed by atoms with Crippen LogP contribution in [0.2, 0.25) is 0 Å². The Kier molecular flexibility index (Phi) is 4.06. The van der Waals surface area contributed by atoms with Crippen molar-refractivity contribution in [3.8, 4) is 0 Å². The van der Waals surface area contributed by atoms with Crippen LogP contribution in [0, 0.1) is 17.3 Å². The summed E-state index contributed by atoms with van der Waals surface area (Å²) in [5, 5.41) is 0. The third-order valence-electron chi connectivity index (χ3n) is 6.68. The lowest BCUT2D eigenvalue weighted by atomic mass is 9.57. The van der Waals surface area contributed by atoms with Gasteiger partial charge in [-0.3, -0.25) is 9.59 Å². The first-order chi connectivity index (χ1) is 11.1. The third-order valence-corrected chi connectivity index (χ3v) is 6.68. The van der Waals surface area contributed by atoms with Crippen molar-refractivity contribution in [3.63, 3.8) is 0 Å². The monoisotopic (exact) mass is 336 g/mol. The van der Waals surface area contributed by atoms with Gasteiger partial charge in [0.2, 0.25) is 0 Å². The van der Waals surface area contributed by atoms with Crippen molar-refractivity contribution in [2.45, 2.75) is 71.2 Å². The quantitative estimate of drug-likeness (QED) is 0.585. The third kappa shape index (κ3) is 2.48. The number of hydrogen-bond donors (Lipinski definition) is 0. The minimum absolute atomic E-state index is 0.0394. The van der Waals surface area contributed by atoms with Crippen LogP contribution in [0.15, 0.2) is 12.2 Å². The Morgan fingerprint density at radius 1 is 1.25 bits per heavy atom. The van der Waals surface area contributed by atoms with Gasteiger partial charge in [-0.25, -0.2) is 0 Å². The molecule has 3 rings (SSSR count). The van der Waals surface area contributed by atoms with Gasteiger partial charge < -0.3 is 14.2 Å². The van der Waals surface area contributed by atoms with Crippen molar-refractivity contribution >= 4 is 11.9 Å². The predicted molar refractivity (Wildman–Crippen MR) is 88.2 cm³/mol. The zero-order valence-electron chi connectivity index (χ0n) is 15.3. The van der Waals surface area contributed by atoms with E-state index in [1.807, 2.05) is 6.08 Å². The second kappa shape index (κ2) is 5.58. The highest BCUT2D eigenvalue weighted by Crippen LogP contribution is 2.65. The molecule has 0 aromatic rings. The minimum atomic E-state index is -0.473. The molecule has 2 bridgehead atoms. The summed E-state index contributed by atoms with van der Waals surface area (Å²) in [5.74, 6) is 0.0151. The molecular formula is C19H28O5. The zero-order valence-corrected chi connectivity index (χ0v) is 15.3. The molecule has 1 spiro atoms. The summed E-state index contributed by atoms with van der Waals surface area (Å²) in [5.41, 5.74) is -0.952. The zero-order chi connectivity index (χ0) is 17.8. The van der Waals surface area contributed by atoms with E-state index >= 15 is 0 Å². The Bertz CT molecular complexity index is 584. The van der Waals surface area contributed by atoms with Gasteiger partial charge in [-0.1, -0.05) is 13.0 Å². The molecule has 5 nitrogen and oxygen atoms in total. The van der Waals surface area contributed by atoms with Crippen LogP contribution >= 0.6 is 0 Å². The summed E-state index contributed by atoms with van der Waals surface area (Å²) in [7, 11) is 0. The second-order valence-corrected chi connectivity index (χ2v) is 8.12. The Balaban J connectivity index is 1.91. The summed E-state index contributed by atoms with van der Waals surface area (Å²) >= 11 is 0. The number of carbonyl (C=O) groups is 2. The fraction of sp³-hybridized carbons (Fsp3) is 0.789. The van der Waals surface area contributed by atoms with E-state index < -0.39 is 11.2 Å². The molecule has 2 fully saturated rings. The molecule has 24 heavy (non-hydrogen) atoms. The van der Waals surface area contributed by atoms with Gasteiger partial charge in [-0.2, -0.15) is 0 Å². The minimum Gasteiger partial charge on any atom is -0.463 e. The predicted octanol–water partition coefficient (Wildman–Crippen LogP) is 3.02. The van der Waals surface area contributed by atoms with Crippen molar-refractivity contribution in [3.05, 3.63) is 12.2 Å². The molecule has 5 heteroatoms. The van der Waals surface area contributed by atoms with Crippen LogP contribution in [0.1, 0.15) is 53.9 Å². The molecule has 0 amide bonds. The number of ether oxygens (including phenoxy) is 3. The van der Waals surface area contributed by atoms with Gasteiger partial charge in [-0.15, -0.1) is 0 Å². The molecule has 6 atom stereocenters. The van der Waals surface area contributed by atoms with Crippen molar-refractivity contribution < 1.29 is 23.8 Å². The first-order valence-corrected chi connectivity index (χ1v) is 8.82. The number of esters is 2. The van der Waals surface area contributed by atoms with Crippen molar-refractivity contribution in [2.24, 2.45) is 17.3 Å². The first kappa shape index (κ1) is 17.5. The molecule has 134 valence electrons. The number of hydrogen-bond acceptors (Lipinski definition) is 5. The molecule has 1 saturated carbocycles. The summed E-state index contributed by atoms with van der Waals surface area (Å²) in [6.07, 6.45) is 6.91. The molecule has 2 aliphatic carbocycles. The molecule has 0 aromatic heterocycles. The van der Waals surface area contributed by atoms with Crippen LogP contribution in [-0.4, -0.2) is 35.9 Å². The first-order valence-electron chi connectivity index (χ1n) is 8.82. The van der Waals surface area contributed by atoms with Gasteiger partial charge in [0.1, 0.15) is 18.3 Å². The Hall–Kier alpha value is -1.36. The van der Waals surface area contributed by atoms with E-state index in [0.29, 0.717) is 5.92 Å². The normalized spacial score (nSPS) is 46.3. The Labute approximate surface area is 143 Å². The average molecular weight is 336 g/mol. The molecular weight excluding hydrogens is 308 g/mol. The van der Waals surface area contributed by atoms with E-state index in [-0.39, 0.29) is 36.0 Å². The van der Waals surface area contributed by atoms with Gasteiger partial charge in [0.15, 0.2) is 0 Å². The standard InChI is InChI=1S/C19H28O5/c1-12-16(23-14(3)21)7-8-18(5)19(12)9-6-15(10-19)17(4,24-18)11-22-13(2)20/h7-8,12,15-16H,6,9-11H2,1-5H3/t12-,15+,16+,17+,18+,19-/m0/s1. The molecule has 0 unspecified atom stereocenters. The molecule has 1 aliphatic heterocycles. The fourth-order valence-electron chi connectivity index (χ4n) is 5.27. The van der Waals surface area contributed by atoms with E-state index in [0.717, 1.165) is 19.3 Å². The van der Waals surface area contributed by atoms with Crippen LogP contribution in [0.5, 0.6) is 0 Å². The summed E-state index contributed by atoms with van der Waals surface area (Å²) in [6.45, 7) is 9.51. The van der Waals surface area contributed by atoms with E-state index in [4.69, 9.17) is 14.2 Å². The Morgan fingerprint density at radius 3 is 2.58 bits per heavy atom. The van der Waals surface area contributed by atoms with Crippen molar-refractivity contribution in [1.29, 1.82) is 0 Å². The molecule has 1 saturated heterocycles. The van der Waals surface area contributed by atoms with Gasteiger partial charge in [0.05, 0.1) is 5.60 Å². The van der Waals surface area contributed by atoms with Gasteiger partial charge in [0.25, 0.3) is 0 Å². The number of carbonyl (C=O) groups excluding carboxylic acids is 2. The van der Waals surface area contributed by atoms with Crippen molar-refractivity contribution in [1.82, 2.24) is 0 Å². The van der Waals surface area contributed by atoms with Gasteiger partial charge in [-0.05, 0) is 45.1 Å². The largest absolute Gasteiger partial charge is 0.463 e. The second-order valence-electron chi connectivity index (χ2n) is 8.12. The number of fused-ring (bicyclic) bond motifs is 1. The van der Waals surface area contributed by atoms with Crippen LogP contribution in [-0.2, 0) is 23.8 Å². The van der Waals surface area contributed by atoms with Crippen molar-refractivity contribution in [2.75, 3.05) is 6.61 Å². The molecule has 0 radical (unpaired) electrons. The maximum Gasteiger partial charge on any atom is 0.303 e. The van der Waals surface area contributed by atoms with Gasteiger partial charge in [0, 0.05) is 25.2 Å². The maximum absolute atomic E-state index is 11.4.